The predicted octanol–water partition coefficient (Wildman–Crippen LogP) is 3.75. The Kier molecular flexibility index (Phi) is 6.01. The van der Waals surface area contributed by atoms with Crippen molar-refractivity contribution in [2.24, 2.45) is 0 Å². The number of methoxy groups -OCH3 is 1. The second-order valence-corrected chi connectivity index (χ2v) is 6.95. The van der Waals surface area contributed by atoms with Crippen molar-refractivity contribution in [2.75, 3.05) is 18.6 Å². The molecular weight excluding hydrogens is 452 g/mol. The van der Waals surface area contributed by atoms with E-state index in [4.69, 9.17) is 16.3 Å². The van der Waals surface area contributed by atoms with E-state index in [-0.39, 0.29) is 12.3 Å². The number of hydrogen-bond acceptors (Lipinski definition) is 5. The average molecular weight is 466 g/mol. The number of imide groups is 1. The lowest BCUT2D eigenvalue weighted by atomic mass is 10.2. The predicted molar refractivity (Wildman–Crippen MR) is 107 cm³/mol. The Morgan fingerprint density at radius 2 is 2.04 bits per heavy atom. The van der Waals surface area contributed by atoms with Crippen molar-refractivity contribution < 1.29 is 23.9 Å². The molecule has 2 aromatic rings. The summed E-state index contributed by atoms with van der Waals surface area (Å²) in [7, 11) is 1.27. The van der Waals surface area contributed by atoms with Gasteiger partial charge in [-0.2, -0.15) is 0 Å². The van der Waals surface area contributed by atoms with Crippen LogP contribution in [-0.2, 0) is 14.3 Å². The van der Waals surface area contributed by atoms with Crippen LogP contribution < -0.4 is 15.0 Å². The molecule has 0 radical (unpaired) electrons. The molecule has 1 saturated heterocycles. The highest BCUT2D eigenvalue weighted by molar-refractivity contribution is 9.10. The molecule has 2 aromatic carbocycles. The van der Waals surface area contributed by atoms with Gasteiger partial charge in [0.2, 0.25) is 0 Å². The zero-order chi connectivity index (χ0) is 20.3. The average Bonchev–Trinajstić information content (AvgIpc) is 2.94. The molecule has 144 valence electrons. The van der Waals surface area contributed by atoms with Crippen molar-refractivity contribution in [3.05, 3.63) is 63.2 Å². The van der Waals surface area contributed by atoms with E-state index in [2.05, 4.69) is 26.0 Å². The van der Waals surface area contributed by atoms with E-state index in [1.165, 1.54) is 13.2 Å². The number of anilines is 1. The second-order valence-electron chi connectivity index (χ2n) is 5.66. The quantitative estimate of drug-likeness (QED) is 0.413. The maximum Gasteiger partial charge on any atom is 0.343 e. The first-order valence-electron chi connectivity index (χ1n) is 8.01. The number of nitrogens with one attached hydrogen (secondary N) is 1. The van der Waals surface area contributed by atoms with Crippen LogP contribution in [0.4, 0.5) is 10.5 Å². The highest BCUT2D eigenvalue weighted by Crippen LogP contribution is 2.28. The summed E-state index contributed by atoms with van der Waals surface area (Å²) in [5.41, 5.74) is 1.15. The number of rotatable bonds is 5. The molecule has 0 atom stereocenters. The highest BCUT2D eigenvalue weighted by Gasteiger charge is 2.34. The summed E-state index contributed by atoms with van der Waals surface area (Å²) in [5.74, 6) is -0.553. The molecule has 1 heterocycles. The van der Waals surface area contributed by atoms with Crippen LogP contribution in [0.1, 0.15) is 5.56 Å². The molecule has 1 fully saturated rings. The van der Waals surface area contributed by atoms with Gasteiger partial charge in [-0.15, -0.1) is 0 Å². The van der Waals surface area contributed by atoms with Gasteiger partial charge in [0.1, 0.15) is 11.4 Å². The number of carbonyl (C=O) groups is 3. The Morgan fingerprint density at radius 1 is 1.25 bits per heavy atom. The first kappa shape index (κ1) is 19.9. The van der Waals surface area contributed by atoms with Gasteiger partial charge >= 0.3 is 12.0 Å². The topological polar surface area (TPSA) is 84.9 Å². The first-order valence-corrected chi connectivity index (χ1v) is 9.18. The largest absolute Gasteiger partial charge is 0.481 e. The molecular formula is C19H14BrClN2O5. The van der Waals surface area contributed by atoms with E-state index in [0.29, 0.717) is 26.5 Å². The van der Waals surface area contributed by atoms with Crippen LogP contribution in [0, 0.1) is 0 Å². The third-order valence-electron chi connectivity index (χ3n) is 3.78. The fraction of sp³-hybridized carbons (Fsp3) is 0.105. The Bertz CT molecular complexity index is 992. The summed E-state index contributed by atoms with van der Waals surface area (Å²) in [4.78, 5) is 37.1. The van der Waals surface area contributed by atoms with E-state index < -0.39 is 17.9 Å². The maximum atomic E-state index is 12.6. The molecule has 3 rings (SSSR count). The lowest BCUT2D eigenvalue weighted by Crippen LogP contribution is -2.30. The number of hydrogen-bond donors (Lipinski definition) is 1. The number of ether oxygens (including phenoxy) is 2. The maximum absolute atomic E-state index is 12.6. The SMILES string of the molecule is COC(=O)COc1ccc(/C=C2/NC(=O)N(c3cccc(Cl)c3)C2=O)cc1Br. The van der Waals surface area contributed by atoms with Crippen LogP contribution in [0.25, 0.3) is 6.08 Å². The molecule has 1 aliphatic rings. The minimum absolute atomic E-state index is 0.125. The third-order valence-corrected chi connectivity index (χ3v) is 4.64. The number of nitrogens with zero attached hydrogens (tertiary/aromatic N) is 1. The first-order chi connectivity index (χ1) is 13.4. The number of esters is 1. The second kappa shape index (κ2) is 8.45. The molecule has 9 heteroatoms. The summed E-state index contributed by atoms with van der Waals surface area (Å²) >= 11 is 9.29. The zero-order valence-corrected chi connectivity index (χ0v) is 16.9. The number of carbonyl (C=O) groups excluding carboxylic acids is 3. The van der Waals surface area contributed by atoms with Crippen molar-refractivity contribution in [1.29, 1.82) is 0 Å². The standard InChI is InChI=1S/C19H14BrClN2O5/c1-27-17(24)10-28-16-6-5-11(7-14(16)20)8-15-18(25)23(19(26)22-15)13-4-2-3-12(21)9-13/h2-9H,10H2,1H3,(H,22,26)/b15-8+. The minimum atomic E-state index is -0.560. The van der Waals surface area contributed by atoms with Gasteiger partial charge in [0.15, 0.2) is 6.61 Å². The molecule has 0 spiro atoms. The van der Waals surface area contributed by atoms with Crippen molar-refractivity contribution in [2.45, 2.75) is 0 Å². The van der Waals surface area contributed by atoms with Gasteiger partial charge in [0.05, 0.1) is 17.3 Å². The minimum Gasteiger partial charge on any atom is -0.481 e. The van der Waals surface area contributed by atoms with Crippen LogP contribution in [0.15, 0.2) is 52.6 Å². The Balaban J connectivity index is 1.80. The fourth-order valence-corrected chi connectivity index (χ4v) is 3.17. The monoisotopic (exact) mass is 464 g/mol. The van der Waals surface area contributed by atoms with Gasteiger partial charge in [0, 0.05) is 5.02 Å². The van der Waals surface area contributed by atoms with Crippen molar-refractivity contribution in [3.63, 3.8) is 0 Å². The lowest BCUT2D eigenvalue weighted by Gasteiger charge is -2.11. The van der Waals surface area contributed by atoms with Gasteiger partial charge in [-0.3, -0.25) is 4.79 Å². The Hall–Kier alpha value is -2.84. The van der Waals surface area contributed by atoms with Gasteiger partial charge in [-0.1, -0.05) is 23.7 Å². The van der Waals surface area contributed by atoms with E-state index in [1.807, 2.05) is 0 Å². The van der Waals surface area contributed by atoms with Crippen LogP contribution in [0.2, 0.25) is 5.02 Å². The summed E-state index contributed by atoms with van der Waals surface area (Å²) in [6, 6.07) is 10.9. The summed E-state index contributed by atoms with van der Waals surface area (Å²) in [6.07, 6.45) is 1.54. The van der Waals surface area contributed by atoms with Crippen LogP contribution in [0.3, 0.4) is 0 Å². The van der Waals surface area contributed by atoms with Crippen LogP contribution in [0.5, 0.6) is 5.75 Å². The van der Waals surface area contributed by atoms with Crippen LogP contribution >= 0.6 is 27.5 Å². The van der Waals surface area contributed by atoms with Crippen molar-refractivity contribution >= 4 is 57.2 Å². The number of urea groups is 1. The molecule has 1 N–H and O–H groups in total. The highest BCUT2D eigenvalue weighted by atomic mass is 79.9. The molecule has 0 bridgehead atoms. The molecule has 0 saturated carbocycles. The Morgan fingerprint density at radius 3 is 2.71 bits per heavy atom. The van der Waals surface area contributed by atoms with Crippen LogP contribution in [-0.4, -0.2) is 31.6 Å². The number of benzene rings is 2. The molecule has 0 unspecified atom stereocenters. The Labute approximate surface area is 174 Å². The summed E-state index contributed by atoms with van der Waals surface area (Å²) in [5, 5.41) is 2.97. The molecule has 3 amide bonds. The molecule has 7 nitrogen and oxygen atoms in total. The number of halogens is 2. The summed E-state index contributed by atoms with van der Waals surface area (Å²) < 4.78 is 10.4. The molecule has 28 heavy (non-hydrogen) atoms. The lowest BCUT2D eigenvalue weighted by molar-refractivity contribution is -0.142. The molecule has 0 aliphatic carbocycles. The van der Waals surface area contributed by atoms with Gasteiger partial charge in [-0.25, -0.2) is 14.5 Å². The van der Waals surface area contributed by atoms with Gasteiger partial charge in [0.25, 0.3) is 5.91 Å². The number of amides is 3. The third kappa shape index (κ3) is 4.35. The van der Waals surface area contributed by atoms with E-state index in [1.54, 1.807) is 42.5 Å². The van der Waals surface area contributed by atoms with Crippen molar-refractivity contribution in [1.82, 2.24) is 5.32 Å². The normalized spacial score (nSPS) is 15.0. The molecule has 1 aliphatic heterocycles. The van der Waals surface area contributed by atoms with Gasteiger partial charge < -0.3 is 14.8 Å². The molecule has 0 aromatic heterocycles. The zero-order valence-electron chi connectivity index (χ0n) is 14.6. The fourth-order valence-electron chi connectivity index (χ4n) is 2.47. The smallest absolute Gasteiger partial charge is 0.343 e. The van der Waals surface area contributed by atoms with E-state index in [9.17, 15) is 14.4 Å². The van der Waals surface area contributed by atoms with E-state index in [0.717, 1.165) is 4.90 Å². The van der Waals surface area contributed by atoms with Crippen molar-refractivity contribution in [3.8, 4) is 5.75 Å². The summed E-state index contributed by atoms with van der Waals surface area (Å²) in [6.45, 7) is -0.224. The van der Waals surface area contributed by atoms with E-state index >= 15 is 0 Å². The van der Waals surface area contributed by atoms with Gasteiger partial charge in [-0.05, 0) is 57.9 Å².